The molecule has 154 valence electrons. The molecular weight excluding hydrogens is 382 g/mol. The third kappa shape index (κ3) is 3.76. The summed E-state index contributed by atoms with van der Waals surface area (Å²) in [5, 5.41) is 3.40. The summed E-state index contributed by atoms with van der Waals surface area (Å²) in [6.45, 7) is 3.99. The molecule has 0 radical (unpaired) electrons. The molecule has 0 saturated carbocycles. The molecule has 3 N–H and O–H groups in total. The van der Waals surface area contributed by atoms with Gasteiger partial charge in [0.05, 0.1) is 28.0 Å². The Kier molecular flexibility index (Phi) is 5.22. The second-order valence-electron chi connectivity index (χ2n) is 7.61. The minimum atomic E-state index is -0.524. The molecule has 0 aliphatic carbocycles. The lowest BCUT2D eigenvalue weighted by molar-refractivity contribution is -0.122. The summed E-state index contributed by atoms with van der Waals surface area (Å²) in [5.74, 6) is 0.523. The van der Waals surface area contributed by atoms with Crippen LogP contribution in [0.5, 0.6) is 0 Å². The Morgan fingerprint density at radius 2 is 1.73 bits per heavy atom. The van der Waals surface area contributed by atoms with E-state index in [-0.39, 0.29) is 30.8 Å². The van der Waals surface area contributed by atoms with Crippen molar-refractivity contribution in [1.29, 1.82) is 0 Å². The fraction of sp³-hybridized carbons (Fsp3) is 0.273. The fourth-order valence-corrected chi connectivity index (χ4v) is 3.53. The summed E-state index contributed by atoms with van der Waals surface area (Å²) in [6.07, 6.45) is 0.00474. The minimum Gasteiger partial charge on any atom is -0.346 e. The van der Waals surface area contributed by atoms with Crippen LogP contribution < -0.4 is 16.6 Å². The van der Waals surface area contributed by atoms with E-state index in [1.807, 2.05) is 38.1 Å². The largest absolute Gasteiger partial charge is 0.346 e. The van der Waals surface area contributed by atoms with Gasteiger partial charge in [-0.05, 0) is 30.2 Å². The number of imidazole rings is 1. The Labute approximate surface area is 172 Å². The fourth-order valence-electron chi connectivity index (χ4n) is 3.53. The molecule has 4 aromatic rings. The second kappa shape index (κ2) is 7.98. The van der Waals surface area contributed by atoms with E-state index in [1.165, 1.54) is 0 Å². The Bertz CT molecular complexity index is 1300. The lowest BCUT2D eigenvalue weighted by Crippen LogP contribution is -2.38. The molecule has 2 aromatic carbocycles. The van der Waals surface area contributed by atoms with Gasteiger partial charge in [-0.1, -0.05) is 38.1 Å². The van der Waals surface area contributed by atoms with Gasteiger partial charge in [-0.3, -0.25) is 14.2 Å². The maximum absolute atomic E-state index is 12.6. The van der Waals surface area contributed by atoms with E-state index >= 15 is 0 Å². The standard InChI is InChI=1S/C22H23N5O3/c1-13(2)19(20-23-16-9-5-6-10-17(16)24-20)26-18(28)11-12-27-21(29)14-7-3-4-8-15(14)25-22(27)30/h3-10,13,19H,11-12H2,1-2H3,(H,23,24)(H,25,30)(H,26,28). The molecule has 0 saturated heterocycles. The first-order chi connectivity index (χ1) is 14.4. The number of carbonyl (C=O) groups is 1. The average molecular weight is 405 g/mol. The smallest absolute Gasteiger partial charge is 0.328 e. The van der Waals surface area contributed by atoms with E-state index < -0.39 is 11.2 Å². The van der Waals surface area contributed by atoms with Crippen LogP contribution in [0.1, 0.15) is 32.1 Å². The zero-order valence-corrected chi connectivity index (χ0v) is 16.8. The number of nitrogens with one attached hydrogen (secondary N) is 3. The lowest BCUT2D eigenvalue weighted by atomic mass is 10.0. The van der Waals surface area contributed by atoms with Crippen LogP contribution in [0.4, 0.5) is 0 Å². The molecular formula is C22H23N5O3. The number of nitrogens with zero attached hydrogens (tertiary/aromatic N) is 2. The van der Waals surface area contributed by atoms with Crippen molar-refractivity contribution in [2.45, 2.75) is 32.9 Å². The van der Waals surface area contributed by atoms with E-state index in [0.29, 0.717) is 16.7 Å². The van der Waals surface area contributed by atoms with Gasteiger partial charge in [0.2, 0.25) is 5.91 Å². The van der Waals surface area contributed by atoms with Gasteiger partial charge in [-0.2, -0.15) is 0 Å². The van der Waals surface area contributed by atoms with Gasteiger partial charge in [-0.15, -0.1) is 0 Å². The summed E-state index contributed by atoms with van der Waals surface area (Å²) in [6, 6.07) is 14.2. The van der Waals surface area contributed by atoms with E-state index in [2.05, 4.69) is 20.3 Å². The average Bonchev–Trinajstić information content (AvgIpc) is 3.15. The van der Waals surface area contributed by atoms with Crippen molar-refractivity contribution in [3.63, 3.8) is 0 Å². The number of hydrogen-bond acceptors (Lipinski definition) is 4. The summed E-state index contributed by atoms with van der Waals surface area (Å²) in [5.41, 5.74) is 1.30. The number of benzene rings is 2. The number of rotatable bonds is 6. The van der Waals surface area contributed by atoms with Crippen molar-refractivity contribution in [3.8, 4) is 0 Å². The normalized spacial score (nSPS) is 12.5. The first-order valence-corrected chi connectivity index (χ1v) is 9.90. The van der Waals surface area contributed by atoms with Crippen LogP contribution in [-0.4, -0.2) is 25.4 Å². The van der Waals surface area contributed by atoms with Gasteiger partial charge in [0.25, 0.3) is 5.56 Å². The van der Waals surface area contributed by atoms with Crippen LogP contribution in [0.15, 0.2) is 58.1 Å². The quantitative estimate of drug-likeness (QED) is 0.457. The minimum absolute atomic E-state index is 0.00419. The lowest BCUT2D eigenvalue weighted by Gasteiger charge is -2.20. The van der Waals surface area contributed by atoms with Crippen LogP contribution >= 0.6 is 0 Å². The number of hydrogen-bond donors (Lipinski definition) is 3. The predicted molar refractivity (Wildman–Crippen MR) is 115 cm³/mol. The Morgan fingerprint density at radius 1 is 1.03 bits per heavy atom. The van der Waals surface area contributed by atoms with Crippen LogP contribution in [0.25, 0.3) is 21.9 Å². The predicted octanol–water partition coefficient (Wildman–Crippen LogP) is 2.47. The molecule has 8 nitrogen and oxygen atoms in total. The van der Waals surface area contributed by atoms with Crippen molar-refractivity contribution < 1.29 is 4.79 Å². The second-order valence-corrected chi connectivity index (χ2v) is 7.61. The number of aromatic nitrogens is 4. The number of aromatic amines is 2. The molecule has 0 fully saturated rings. The Hall–Kier alpha value is -3.68. The molecule has 0 aliphatic rings. The van der Waals surface area contributed by atoms with Crippen molar-refractivity contribution in [2.24, 2.45) is 5.92 Å². The Morgan fingerprint density at radius 3 is 2.47 bits per heavy atom. The number of fused-ring (bicyclic) bond motifs is 2. The molecule has 0 bridgehead atoms. The number of amides is 1. The molecule has 4 rings (SSSR count). The highest BCUT2D eigenvalue weighted by molar-refractivity contribution is 5.78. The summed E-state index contributed by atoms with van der Waals surface area (Å²) in [4.78, 5) is 48.0. The van der Waals surface area contributed by atoms with Gasteiger partial charge in [0, 0.05) is 13.0 Å². The van der Waals surface area contributed by atoms with Crippen LogP contribution in [-0.2, 0) is 11.3 Å². The summed E-state index contributed by atoms with van der Waals surface area (Å²) < 4.78 is 1.06. The SMILES string of the molecule is CC(C)C(NC(=O)CCn1c(=O)[nH]c2ccccc2c1=O)c1nc2ccccc2[nH]1. The zero-order chi connectivity index (χ0) is 21.3. The topological polar surface area (TPSA) is 113 Å². The maximum atomic E-state index is 12.6. The number of para-hydroxylation sites is 3. The van der Waals surface area contributed by atoms with Gasteiger partial charge in [-0.25, -0.2) is 9.78 Å². The summed E-state index contributed by atoms with van der Waals surface area (Å²) >= 11 is 0. The van der Waals surface area contributed by atoms with E-state index in [0.717, 1.165) is 15.6 Å². The molecule has 2 aromatic heterocycles. The van der Waals surface area contributed by atoms with Crippen molar-refractivity contribution in [1.82, 2.24) is 24.8 Å². The molecule has 1 unspecified atom stereocenters. The van der Waals surface area contributed by atoms with Crippen LogP contribution in [0.3, 0.4) is 0 Å². The highest BCUT2D eigenvalue weighted by Gasteiger charge is 2.22. The van der Waals surface area contributed by atoms with Gasteiger partial charge < -0.3 is 15.3 Å². The van der Waals surface area contributed by atoms with Gasteiger partial charge in [0.15, 0.2) is 0 Å². The summed E-state index contributed by atoms with van der Waals surface area (Å²) in [7, 11) is 0. The maximum Gasteiger partial charge on any atom is 0.328 e. The first-order valence-electron chi connectivity index (χ1n) is 9.90. The molecule has 0 spiro atoms. The van der Waals surface area contributed by atoms with E-state index in [4.69, 9.17) is 0 Å². The molecule has 1 atom stereocenters. The molecule has 30 heavy (non-hydrogen) atoms. The third-order valence-electron chi connectivity index (χ3n) is 5.14. The Balaban J connectivity index is 1.51. The highest BCUT2D eigenvalue weighted by Crippen LogP contribution is 2.22. The van der Waals surface area contributed by atoms with Gasteiger partial charge >= 0.3 is 5.69 Å². The van der Waals surface area contributed by atoms with Crippen LogP contribution in [0, 0.1) is 5.92 Å². The van der Waals surface area contributed by atoms with Crippen molar-refractivity contribution in [2.75, 3.05) is 0 Å². The highest BCUT2D eigenvalue weighted by atomic mass is 16.2. The molecule has 2 heterocycles. The van der Waals surface area contributed by atoms with E-state index in [1.54, 1.807) is 24.3 Å². The molecule has 8 heteroatoms. The van der Waals surface area contributed by atoms with Crippen LogP contribution in [0.2, 0.25) is 0 Å². The zero-order valence-electron chi connectivity index (χ0n) is 16.8. The third-order valence-corrected chi connectivity index (χ3v) is 5.14. The monoisotopic (exact) mass is 405 g/mol. The number of carbonyl (C=O) groups excluding carboxylic acids is 1. The number of H-pyrrole nitrogens is 2. The first kappa shape index (κ1) is 19.6. The van der Waals surface area contributed by atoms with E-state index in [9.17, 15) is 14.4 Å². The molecule has 1 amide bonds. The van der Waals surface area contributed by atoms with Crippen molar-refractivity contribution >= 4 is 27.8 Å². The van der Waals surface area contributed by atoms with Crippen molar-refractivity contribution in [3.05, 3.63) is 75.2 Å². The van der Waals surface area contributed by atoms with Gasteiger partial charge in [0.1, 0.15) is 5.82 Å². The molecule has 0 aliphatic heterocycles.